The number of aliphatic hydroxyl groups excluding tert-OH is 1. The van der Waals surface area contributed by atoms with Crippen LogP contribution in [0.2, 0.25) is 0 Å². The van der Waals surface area contributed by atoms with Crippen LogP contribution in [0.4, 0.5) is 0 Å². The van der Waals surface area contributed by atoms with E-state index in [2.05, 4.69) is 0 Å². The average Bonchev–Trinajstić information content (AvgIpc) is 2.81. The molecule has 2 aliphatic heterocycles. The van der Waals surface area contributed by atoms with Gasteiger partial charge in [0.2, 0.25) is 0 Å². The number of carbonyl (C=O) groups excluding carboxylic acids is 1. The van der Waals surface area contributed by atoms with Gasteiger partial charge >= 0.3 is 5.97 Å². The molecule has 5 nitrogen and oxygen atoms in total. The first-order chi connectivity index (χ1) is 7.72. The molecule has 0 aromatic rings. The maximum absolute atomic E-state index is 11.4. The Morgan fingerprint density at radius 3 is 2.88 bits per heavy atom. The highest BCUT2D eigenvalue weighted by molar-refractivity contribution is 5.69. The molecule has 2 rings (SSSR count). The zero-order chi connectivity index (χ0) is 11.5. The number of unbranched alkanes of at least 4 members (excludes halogenated alkanes) is 1. The average molecular weight is 230 g/mol. The Morgan fingerprint density at radius 2 is 2.12 bits per heavy atom. The van der Waals surface area contributed by atoms with Gasteiger partial charge < -0.3 is 19.3 Å². The summed E-state index contributed by atoms with van der Waals surface area (Å²) in [6.45, 7) is 2.61. The molecule has 0 spiro atoms. The van der Waals surface area contributed by atoms with E-state index in [1.165, 1.54) is 0 Å². The van der Waals surface area contributed by atoms with Crippen LogP contribution in [-0.2, 0) is 19.0 Å². The van der Waals surface area contributed by atoms with E-state index < -0.39 is 6.10 Å². The first-order valence-corrected chi connectivity index (χ1v) is 5.83. The highest BCUT2D eigenvalue weighted by Gasteiger charge is 2.48. The largest absolute Gasteiger partial charge is 0.457 e. The number of carbonyl (C=O) groups is 1. The summed E-state index contributed by atoms with van der Waals surface area (Å²) in [7, 11) is 0. The zero-order valence-corrected chi connectivity index (χ0v) is 9.43. The molecule has 2 aliphatic rings. The summed E-state index contributed by atoms with van der Waals surface area (Å²) < 4.78 is 16.0. The van der Waals surface area contributed by atoms with Gasteiger partial charge in [-0.25, -0.2) is 0 Å². The molecule has 0 amide bonds. The van der Waals surface area contributed by atoms with Crippen molar-refractivity contribution in [3.8, 4) is 0 Å². The van der Waals surface area contributed by atoms with Crippen molar-refractivity contribution in [2.45, 2.75) is 50.6 Å². The molecule has 0 radical (unpaired) electrons. The second kappa shape index (κ2) is 5.12. The summed E-state index contributed by atoms with van der Waals surface area (Å²) in [4.78, 5) is 11.4. The lowest BCUT2D eigenvalue weighted by atomic mass is 10.1. The Bertz CT molecular complexity index is 255. The zero-order valence-electron chi connectivity index (χ0n) is 9.43. The summed E-state index contributed by atoms with van der Waals surface area (Å²) in [5.41, 5.74) is 0. The van der Waals surface area contributed by atoms with Gasteiger partial charge in [0.1, 0.15) is 18.3 Å². The van der Waals surface area contributed by atoms with Crippen LogP contribution < -0.4 is 0 Å². The number of aliphatic hydroxyl groups is 1. The number of rotatable bonds is 4. The van der Waals surface area contributed by atoms with Crippen molar-refractivity contribution in [2.75, 3.05) is 13.2 Å². The van der Waals surface area contributed by atoms with Crippen molar-refractivity contribution in [1.29, 1.82) is 0 Å². The van der Waals surface area contributed by atoms with E-state index in [4.69, 9.17) is 14.2 Å². The minimum absolute atomic E-state index is 0.207. The van der Waals surface area contributed by atoms with Crippen LogP contribution in [0.1, 0.15) is 26.2 Å². The second-order valence-corrected chi connectivity index (χ2v) is 4.30. The highest BCUT2D eigenvalue weighted by atomic mass is 16.6. The lowest BCUT2D eigenvalue weighted by molar-refractivity contribution is -0.153. The van der Waals surface area contributed by atoms with Gasteiger partial charge in [0.15, 0.2) is 6.10 Å². The quantitative estimate of drug-likeness (QED) is 0.701. The third-order valence-electron chi connectivity index (χ3n) is 3.00. The molecule has 0 unspecified atom stereocenters. The van der Waals surface area contributed by atoms with E-state index in [9.17, 15) is 9.90 Å². The highest BCUT2D eigenvalue weighted by Crippen LogP contribution is 2.28. The number of hydrogen-bond acceptors (Lipinski definition) is 5. The van der Waals surface area contributed by atoms with Gasteiger partial charge in [-0.1, -0.05) is 13.3 Å². The lowest BCUT2D eigenvalue weighted by Crippen LogP contribution is -2.34. The molecule has 2 heterocycles. The first kappa shape index (κ1) is 11.8. The Hall–Kier alpha value is -0.650. The normalized spacial score (nSPS) is 37.4. The standard InChI is InChI=1S/C11H18O5/c1-2-3-4-9(13)16-8-6-15-10-7(12)5-14-11(8)10/h7-8,10-12H,2-6H2,1H3/t7-,8+,10-,11-/m1/s1. The maximum Gasteiger partial charge on any atom is 0.306 e. The predicted molar refractivity (Wildman–Crippen MR) is 54.9 cm³/mol. The molecule has 5 heteroatoms. The van der Waals surface area contributed by atoms with Crippen LogP contribution in [-0.4, -0.2) is 48.7 Å². The van der Waals surface area contributed by atoms with Crippen molar-refractivity contribution in [3.05, 3.63) is 0 Å². The molecule has 2 saturated heterocycles. The Labute approximate surface area is 94.7 Å². The minimum Gasteiger partial charge on any atom is -0.457 e. The van der Waals surface area contributed by atoms with Crippen LogP contribution in [0.15, 0.2) is 0 Å². The van der Waals surface area contributed by atoms with Crippen LogP contribution in [0.5, 0.6) is 0 Å². The number of fused-ring (bicyclic) bond motifs is 1. The molecule has 2 fully saturated rings. The molecule has 0 aromatic heterocycles. The van der Waals surface area contributed by atoms with E-state index >= 15 is 0 Å². The molecule has 92 valence electrons. The Balaban J connectivity index is 1.81. The molecule has 0 saturated carbocycles. The van der Waals surface area contributed by atoms with Crippen LogP contribution in [0.3, 0.4) is 0 Å². The van der Waals surface area contributed by atoms with Crippen molar-refractivity contribution < 1.29 is 24.1 Å². The van der Waals surface area contributed by atoms with E-state index in [-0.39, 0.29) is 30.9 Å². The Morgan fingerprint density at radius 1 is 1.38 bits per heavy atom. The minimum atomic E-state index is -0.593. The second-order valence-electron chi connectivity index (χ2n) is 4.30. The predicted octanol–water partition coefficient (Wildman–Crippen LogP) is 0.247. The van der Waals surface area contributed by atoms with Crippen LogP contribution >= 0.6 is 0 Å². The third-order valence-corrected chi connectivity index (χ3v) is 3.00. The van der Waals surface area contributed by atoms with Gasteiger partial charge in [0.25, 0.3) is 0 Å². The number of esters is 1. The fourth-order valence-electron chi connectivity index (χ4n) is 2.09. The summed E-state index contributed by atoms with van der Waals surface area (Å²) in [6.07, 6.45) is 0.675. The summed E-state index contributed by atoms with van der Waals surface area (Å²) in [5.74, 6) is -0.207. The molecule has 0 aromatic carbocycles. The van der Waals surface area contributed by atoms with Crippen molar-refractivity contribution in [2.24, 2.45) is 0 Å². The SMILES string of the molecule is CCCCC(=O)O[C@H]1CO[C@H]2[C@@H]1OC[C@H]2O. The third kappa shape index (κ3) is 2.36. The van der Waals surface area contributed by atoms with Crippen molar-refractivity contribution in [1.82, 2.24) is 0 Å². The van der Waals surface area contributed by atoms with Gasteiger partial charge in [-0.15, -0.1) is 0 Å². The fraction of sp³-hybridized carbons (Fsp3) is 0.909. The summed E-state index contributed by atoms with van der Waals surface area (Å²) in [5, 5.41) is 9.50. The molecule has 16 heavy (non-hydrogen) atoms. The molecule has 4 atom stereocenters. The first-order valence-electron chi connectivity index (χ1n) is 5.83. The van der Waals surface area contributed by atoms with E-state index in [1.807, 2.05) is 6.92 Å². The van der Waals surface area contributed by atoms with Gasteiger partial charge in [0, 0.05) is 6.42 Å². The molecule has 1 N–H and O–H groups in total. The van der Waals surface area contributed by atoms with Crippen molar-refractivity contribution >= 4 is 5.97 Å². The maximum atomic E-state index is 11.4. The molecule has 0 aliphatic carbocycles. The van der Waals surface area contributed by atoms with Gasteiger partial charge in [-0.3, -0.25) is 4.79 Å². The van der Waals surface area contributed by atoms with Crippen LogP contribution in [0, 0.1) is 0 Å². The molecule has 0 bridgehead atoms. The summed E-state index contributed by atoms with van der Waals surface area (Å²) >= 11 is 0. The van der Waals surface area contributed by atoms with Crippen molar-refractivity contribution in [3.63, 3.8) is 0 Å². The van der Waals surface area contributed by atoms with Gasteiger partial charge in [-0.2, -0.15) is 0 Å². The monoisotopic (exact) mass is 230 g/mol. The van der Waals surface area contributed by atoms with E-state index in [0.717, 1.165) is 12.8 Å². The lowest BCUT2D eigenvalue weighted by Gasteiger charge is -2.16. The van der Waals surface area contributed by atoms with Crippen LogP contribution in [0.25, 0.3) is 0 Å². The number of ether oxygens (including phenoxy) is 3. The summed E-state index contributed by atoms with van der Waals surface area (Å²) in [6, 6.07) is 0. The van der Waals surface area contributed by atoms with Gasteiger partial charge in [0.05, 0.1) is 13.2 Å². The topological polar surface area (TPSA) is 65.0 Å². The van der Waals surface area contributed by atoms with E-state index in [0.29, 0.717) is 13.0 Å². The Kier molecular flexibility index (Phi) is 3.78. The number of hydrogen-bond donors (Lipinski definition) is 1. The van der Waals surface area contributed by atoms with Gasteiger partial charge in [-0.05, 0) is 6.42 Å². The van der Waals surface area contributed by atoms with E-state index in [1.54, 1.807) is 0 Å². The fourth-order valence-corrected chi connectivity index (χ4v) is 2.09. The molecular formula is C11H18O5. The molecular weight excluding hydrogens is 212 g/mol. The smallest absolute Gasteiger partial charge is 0.306 e.